The number of hydrogen-bond donors (Lipinski definition) is 2. The van der Waals surface area contributed by atoms with Crippen LogP contribution in [0.1, 0.15) is 29.0 Å². The molecule has 5 heteroatoms. The van der Waals surface area contributed by atoms with E-state index in [1.807, 2.05) is 6.07 Å². The van der Waals surface area contributed by atoms with Crippen LogP contribution in [-0.4, -0.2) is 10.9 Å². The number of nitrogen functional groups attached to an aromatic ring is 1. The fraction of sp³-hybridized carbons (Fsp3) is 0.143. The first-order valence-corrected chi connectivity index (χ1v) is 5.84. The number of carbonyl (C=O) groups excluding carboxylic acids is 1. The van der Waals surface area contributed by atoms with Crippen LogP contribution in [0.4, 0.5) is 10.1 Å². The minimum absolute atomic E-state index is 0.128. The number of amides is 1. The highest BCUT2D eigenvalue weighted by Crippen LogP contribution is 2.15. The SMILES string of the molecule is C[C@@H](NC(=O)c1cc(F)ccc1N)c1ccccn1. The summed E-state index contributed by atoms with van der Waals surface area (Å²) < 4.78 is 13.1. The van der Waals surface area contributed by atoms with Crippen LogP contribution in [0.25, 0.3) is 0 Å². The molecule has 0 saturated carbocycles. The minimum atomic E-state index is -0.496. The summed E-state index contributed by atoms with van der Waals surface area (Å²) in [7, 11) is 0. The summed E-state index contributed by atoms with van der Waals surface area (Å²) in [5.74, 6) is -0.917. The maximum atomic E-state index is 13.1. The predicted octanol–water partition coefficient (Wildman–Crippen LogP) is 2.29. The molecule has 0 radical (unpaired) electrons. The van der Waals surface area contributed by atoms with Gasteiger partial charge in [-0.2, -0.15) is 0 Å². The number of nitrogens with two attached hydrogens (primary N) is 1. The van der Waals surface area contributed by atoms with Crippen LogP contribution in [-0.2, 0) is 0 Å². The second-order valence-electron chi connectivity index (χ2n) is 4.18. The van der Waals surface area contributed by atoms with Gasteiger partial charge in [-0.25, -0.2) is 4.39 Å². The molecule has 0 unspecified atom stereocenters. The van der Waals surface area contributed by atoms with E-state index in [1.54, 1.807) is 25.3 Å². The van der Waals surface area contributed by atoms with Gasteiger partial charge >= 0.3 is 0 Å². The molecule has 98 valence electrons. The summed E-state index contributed by atoms with van der Waals surface area (Å²) >= 11 is 0. The average Bonchev–Trinajstić information content (AvgIpc) is 2.42. The normalized spacial score (nSPS) is 11.9. The van der Waals surface area contributed by atoms with E-state index in [9.17, 15) is 9.18 Å². The molecule has 1 amide bonds. The lowest BCUT2D eigenvalue weighted by Crippen LogP contribution is -2.28. The van der Waals surface area contributed by atoms with E-state index in [1.165, 1.54) is 12.1 Å². The maximum Gasteiger partial charge on any atom is 0.254 e. The van der Waals surface area contributed by atoms with E-state index in [0.717, 1.165) is 11.8 Å². The molecule has 0 aliphatic carbocycles. The zero-order valence-electron chi connectivity index (χ0n) is 10.4. The number of aromatic nitrogens is 1. The van der Waals surface area contributed by atoms with E-state index < -0.39 is 11.7 Å². The molecular formula is C14H14FN3O. The molecule has 0 fully saturated rings. The Hall–Kier alpha value is -2.43. The molecule has 3 N–H and O–H groups in total. The van der Waals surface area contributed by atoms with Gasteiger partial charge in [0, 0.05) is 11.9 Å². The van der Waals surface area contributed by atoms with Crippen LogP contribution in [0.2, 0.25) is 0 Å². The highest BCUT2D eigenvalue weighted by atomic mass is 19.1. The number of nitrogens with one attached hydrogen (secondary N) is 1. The van der Waals surface area contributed by atoms with Gasteiger partial charge in [-0.15, -0.1) is 0 Å². The lowest BCUT2D eigenvalue weighted by molar-refractivity contribution is 0.0939. The van der Waals surface area contributed by atoms with Crippen molar-refractivity contribution in [2.24, 2.45) is 0 Å². The van der Waals surface area contributed by atoms with Crippen molar-refractivity contribution in [3.8, 4) is 0 Å². The first kappa shape index (κ1) is 13.0. The van der Waals surface area contributed by atoms with Gasteiger partial charge < -0.3 is 11.1 Å². The van der Waals surface area contributed by atoms with Crippen molar-refractivity contribution in [2.45, 2.75) is 13.0 Å². The van der Waals surface area contributed by atoms with Crippen molar-refractivity contribution in [1.29, 1.82) is 0 Å². The second-order valence-corrected chi connectivity index (χ2v) is 4.18. The van der Waals surface area contributed by atoms with E-state index in [2.05, 4.69) is 10.3 Å². The Balaban J connectivity index is 2.15. The molecule has 0 aliphatic rings. The Morgan fingerprint density at radius 1 is 1.37 bits per heavy atom. The molecule has 0 spiro atoms. The van der Waals surface area contributed by atoms with E-state index >= 15 is 0 Å². The summed E-state index contributed by atoms with van der Waals surface area (Å²) in [5.41, 5.74) is 6.76. The monoisotopic (exact) mass is 259 g/mol. The zero-order chi connectivity index (χ0) is 13.8. The standard InChI is InChI=1S/C14H14FN3O/c1-9(13-4-2-3-7-17-13)18-14(19)11-8-10(15)5-6-12(11)16/h2-9H,16H2,1H3,(H,18,19)/t9-/m1/s1. The number of halogens is 1. The largest absolute Gasteiger partial charge is 0.398 e. The number of carbonyl (C=O) groups is 1. The third kappa shape index (κ3) is 3.07. The number of hydrogen-bond acceptors (Lipinski definition) is 3. The third-order valence-corrected chi connectivity index (χ3v) is 2.74. The van der Waals surface area contributed by atoms with Crippen molar-refractivity contribution >= 4 is 11.6 Å². The van der Waals surface area contributed by atoms with Crippen molar-refractivity contribution in [3.63, 3.8) is 0 Å². The van der Waals surface area contributed by atoms with Crippen LogP contribution < -0.4 is 11.1 Å². The van der Waals surface area contributed by atoms with Crippen molar-refractivity contribution in [3.05, 3.63) is 59.7 Å². The Morgan fingerprint density at radius 3 is 2.84 bits per heavy atom. The fourth-order valence-corrected chi connectivity index (χ4v) is 1.71. The van der Waals surface area contributed by atoms with Gasteiger partial charge in [0.25, 0.3) is 5.91 Å². The van der Waals surface area contributed by atoms with E-state index in [-0.39, 0.29) is 17.3 Å². The molecule has 2 rings (SSSR count). The van der Waals surface area contributed by atoms with Gasteiger partial charge in [-0.1, -0.05) is 6.07 Å². The first-order valence-electron chi connectivity index (χ1n) is 5.84. The summed E-state index contributed by atoms with van der Waals surface area (Å²) in [6.45, 7) is 1.80. The van der Waals surface area contributed by atoms with E-state index in [0.29, 0.717) is 0 Å². The molecule has 1 aromatic carbocycles. The smallest absolute Gasteiger partial charge is 0.254 e. The fourth-order valence-electron chi connectivity index (χ4n) is 1.71. The van der Waals surface area contributed by atoms with Crippen molar-refractivity contribution in [1.82, 2.24) is 10.3 Å². The third-order valence-electron chi connectivity index (χ3n) is 2.74. The van der Waals surface area contributed by atoms with Gasteiger partial charge in [-0.3, -0.25) is 9.78 Å². The number of pyridine rings is 1. The van der Waals surface area contributed by atoms with Crippen molar-refractivity contribution < 1.29 is 9.18 Å². The Bertz CT molecular complexity index is 586. The molecular weight excluding hydrogens is 245 g/mol. The van der Waals surface area contributed by atoms with Crippen LogP contribution in [0.3, 0.4) is 0 Å². The van der Waals surface area contributed by atoms with E-state index in [4.69, 9.17) is 5.73 Å². The van der Waals surface area contributed by atoms with Gasteiger partial charge in [-0.05, 0) is 37.3 Å². The summed E-state index contributed by atoms with van der Waals surface area (Å²) in [4.78, 5) is 16.2. The molecule has 19 heavy (non-hydrogen) atoms. The average molecular weight is 259 g/mol. The van der Waals surface area contributed by atoms with Crippen molar-refractivity contribution in [2.75, 3.05) is 5.73 Å². The van der Waals surface area contributed by atoms with Gasteiger partial charge in [0.1, 0.15) is 5.82 Å². The van der Waals surface area contributed by atoms with Gasteiger partial charge in [0.05, 0.1) is 17.3 Å². The topological polar surface area (TPSA) is 68.0 Å². The highest BCUT2D eigenvalue weighted by molar-refractivity contribution is 5.99. The molecule has 0 bridgehead atoms. The number of benzene rings is 1. The highest BCUT2D eigenvalue weighted by Gasteiger charge is 2.15. The first-order chi connectivity index (χ1) is 9.08. The number of nitrogens with zero attached hydrogens (tertiary/aromatic N) is 1. The summed E-state index contributed by atoms with van der Waals surface area (Å²) in [6.07, 6.45) is 1.65. The minimum Gasteiger partial charge on any atom is -0.398 e. The lowest BCUT2D eigenvalue weighted by Gasteiger charge is -2.14. The molecule has 1 atom stereocenters. The summed E-state index contributed by atoms with van der Waals surface area (Å²) in [6, 6.07) is 8.86. The maximum absolute atomic E-state index is 13.1. The quantitative estimate of drug-likeness (QED) is 0.831. The van der Waals surface area contributed by atoms with Crippen LogP contribution in [0, 0.1) is 5.82 Å². The molecule has 1 heterocycles. The number of anilines is 1. The lowest BCUT2D eigenvalue weighted by atomic mass is 10.1. The van der Waals surface area contributed by atoms with Crippen LogP contribution >= 0.6 is 0 Å². The Labute approximate surface area is 110 Å². The molecule has 0 saturated heterocycles. The van der Waals surface area contributed by atoms with Gasteiger partial charge in [0.15, 0.2) is 0 Å². The molecule has 2 aromatic rings. The molecule has 0 aliphatic heterocycles. The van der Waals surface area contributed by atoms with Crippen LogP contribution in [0.15, 0.2) is 42.6 Å². The predicted molar refractivity (Wildman–Crippen MR) is 70.9 cm³/mol. The molecule has 4 nitrogen and oxygen atoms in total. The Morgan fingerprint density at radius 2 is 2.16 bits per heavy atom. The summed E-state index contributed by atoms with van der Waals surface area (Å²) in [5, 5.41) is 2.73. The zero-order valence-corrected chi connectivity index (χ0v) is 10.4. The number of rotatable bonds is 3. The molecule has 1 aromatic heterocycles. The van der Waals surface area contributed by atoms with Crippen LogP contribution in [0.5, 0.6) is 0 Å². The second kappa shape index (κ2) is 5.48. The Kier molecular flexibility index (Phi) is 3.75. The van der Waals surface area contributed by atoms with Gasteiger partial charge in [0.2, 0.25) is 0 Å².